The zero-order valence-electron chi connectivity index (χ0n) is 7.97. The molecule has 0 saturated heterocycles. The average Bonchev–Trinajstić information content (AvgIpc) is 2.00. The van der Waals surface area contributed by atoms with E-state index in [0.717, 1.165) is 6.54 Å². The van der Waals surface area contributed by atoms with Crippen molar-refractivity contribution >= 4 is 0 Å². The van der Waals surface area contributed by atoms with Gasteiger partial charge in [0.25, 0.3) is 0 Å². The number of aliphatic hydroxyl groups excluding tert-OH is 1. The Kier molecular flexibility index (Phi) is 20.2. The van der Waals surface area contributed by atoms with Gasteiger partial charge < -0.3 is 10.8 Å². The molecule has 2 heteroatoms. The lowest BCUT2D eigenvalue weighted by atomic mass is 10.2. The van der Waals surface area contributed by atoms with E-state index in [1.807, 2.05) is 0 Å². The van der Waals surface area contributed by atoms with Gasteiger partial charge in [0.05, 0.1) is 0 Å². The van der Waals surface area contributed by atoms with Crippen LogP contribution in [0.4, 0.5) is 0 Å². The third kappa shape index (κ3) is 25.7. The van der Waals surface area contributed by atoms with Crippen LogP contribution in [-0.4, -0.2) is 18.3 Å². The predicted octanol–water partition coefficient (Wildman–Crippen LogP) is 1.91. The second-order valence-corrected chi connectivity index (χ2v) is 2.52. The smallest absolute Gasteiger partial charge is 0.0402 e. The summed E-state index contributed by atoms with van der Waals surface area (Å²) in [7, 11) is 0. The van der Waals surface area contributed by atoms with Gasteiger partial charge >= 0.3 is 0 Å². The van der Waals surface area contributed by atoms with Crippen molar-refractivity contribution in [3.8, 4) is 0 Å². The molecule has 3 N–H and O–H groups in total. The van der Waals surface area contributed by atoms with E-state index < -0.39 is 0 Å². The molecule has 0 aliphatic heterocycles. The molecule has 11 heavy (non-hydrogen) atoms. The van der Waals surface area contributed by atoms with Crippen molar-refractivity contribution in [2.75, 3.05) is 13.2 Å². The van der Waals surface area contributed by atoms with E-state index >= 15 is 0 Å². The van der Waals surface area contributed by atoms with Crippen molar-refractivity contribution in [1.29, 1.82) is 0 Å². The normalized spacial score (nSPS) is 8.73. The molecule has 0 radical (unpaired) electrons. The van der Waals surface area contributed by atoms with Gasteiger partial charge in [-0.3, -0.25) is 0 Å². The molecule has 0 bridgehead atoms. The van der Waals surface area contributed by atoms with Crippen molar-refractivity contribution < 1.29 is 5.11 Å². The fourth-order valence-electron chi connectivity index (χ4n) is 0.748. The molecule has 0 fully saturated rings. The minimum Gasteiger partial charge on any atom is -0.397 e. The second-order valence-electron chi connectivity index (χ2n) is 2.52. The molecule has 2 nitrogen and oxygen atoms in total. The van der Waals surface area contributed by atoms with Gasteiger partial charge in [-0.15, -0.1) is 0 Å². The van der Waals surface area contributed by atoms with Crippen molar-refractivity contribution in [2.45, 2.75) is 46.0 Å². The quantitative estimate of drug-likeness (QED) is 0.605. The minimum absolute atomic E-state index is 0.250. The summed E-state index contributed by atoms with van der Waals surface area (Å²) in [5, 5.41) is 7.57. The lowest BCUT2D eigenvalue weighted by molar-refractivity contribution is 0.318. The van der Waals surface area contributed by atoms with Crippen LogP contribution < -0.4 is 5.73 Å². The largest absolute Gasteiger partial charge is 0.397 e. The number of unbranched alkanes of at least 4 members (excludes halogenated alkanes) is 4. The van der Waals surface area contributed by atoms with Gasteiger partial charge in [-0.2, -0.15) is 0 Å². The van der Waals surface area contributed by atoms with E-state index in [1.54, 1.807) is 6.92 Å². The molecule has 0 heterocycles. The standard InChI is InChI=1S/C7H17N.C2H6O/c1-2-3-4-5-6-7-8;1-2-3/h2-8H2,1H3;3H,2H2,1H3. The first kappa shape index (κ1) is 13.5. The highest BCUT2D eigenvalue weighted by Gasteiger charge is 1.83. The maximum absolute atomic E-state index is 7.57. The summed E-state index contributed by atoms with van der Waals surface area (Å²) in [5.41, 5.74) is 5.31. The fourth-order valence-corrected chi connectivity index (χ4v) is 0.748. The van der Waals surface area contributed by atoms with E-state index in [9.17, 15) is 0 Å². The van der Waals surface area contributed by atoms with Gasteiger partial charge in [-0.25, -0.2) is 0 Å². The van der Waals surface area contributed by atoms with Crippen LogP contribution in [0.5, 0.6) is 0 Å². The summed E-state index contributed by atoms with van der Waals surface area (Å²) in [5.74, 6) is 0. The maximum Gasteiger partial charge on any atom is 0.0402 e. The van der Waals surface area contributed by atoms with Gasteiger partial charge in [0.1, 0.15) is 0 Å². The van der Waals surface area contributed by atoms with Crippen LogP contribution in [0.3, 0.4) is 0 Å². The van der Waals surface area contributed by atoms with E-state index in [1.165, 1.54) is 32.1 Å². The Bertz CT molecular complexity index is 42.8. The minimum atomic E-state index is 0.250. The first-order chi connectivity index (χ1) is 5.33. The first-order valence-corrected chi connectivity index (χ1v) is 4.64. The Morgan fingerprint density at radius 1 is 1.00 bits per heavy atom. The van der Waals surface area contributed by atoms with Crippen LogP contribution in [0.2, 0.25) is 0 Å². The Hall–Kier alpha value is -0.0800. The Morgan fingerprint density at radius 3 is 1.82 bits per heavy atom. The maximum atomic E-state index is 7.57. The average molecular weight is 161 g/mol. The topological polar surface area (TPSA) is 46.2 Å². The molecular weight excluding hydrogens is 138 g/mol. The summed E-state index contributed by atoms with van der Waals surface area (Å²) in [6.45, 7) is 5.02. The van der Waals surface area contributed by atoms with Crippen LogP contribution in [0, 0.1) is 0 Å². The molecular formula is C9H23NO. The molecule has 0 aromatic heterocycles. The molecule has 0 aliphatic rings. The van der Waals surface area contributed by atoms with Crippen LogP contribution in [-0.2, 0) is 0 Å². The van der Waals surface area contributed by atoms with Crippen LogP contribution in [0.15, 0.2) is 0 Å². The summed E-state index contributed by atoms with van der Waals surface area (Å²) in [6.07, 6.45) is 6.60. The van der Waals surface area contributed by atoms with Crippen LogP contribution in [0.25, 0.3) is 0 Å². The van der Waals surface area contributed by atoms with Gasteiger partial charge in [-0.1, -0.05) is 32.6 Å². The lowest BCUT2D eigenvalue weighted by Crippen LogP contribution is -1.97. The van der Waals surface area contributed by atoms with E-state index in [2.05, 4.69) is 6.92 Å². The molecule has 0 unspecified atom stereocenters. The number of rotatable bonds is 5. The fraction of sp³-hybridized carbons (Fsp3) is 1.00. The Morgan fingerprint density at radius 2 is 1.45 bits per heavy atom. The highest BCUT2D eigenvalue weighted by atomic mass is 16.2. The van der Waals surface area contributed by atoms with E-state index in [4.69, 9.17) is 10.8 Å². The van der Waals surface area contributed by atoms with Crippen molar-refractivity contribution in [1.82, 2.24) is 0 Å². The second kappa shape index (κ2) is 16.5. The number of nitrogens with two attached hydrogens (primary N) is 1. The van der Waals surface area contributed by atoms with Crippen LogP contribution >= 0.6 is 0 Å². The predicted molar refractivity (Wildman–Crippen MR) is 50.6 cm³/mol. The molecule has 0 aromatic rings. The van der Waals surface area contributed by atoms with E-state index in [-0.39, 0.29) is 6.61 Å². The highest BCUT2D eigenvalue weighted by Crippen LogP contribution is 2.00. The van der Waals surface area contributed by atoms with Gasteiger partial charge in [0.2, 0.25) is 0 Å². The zero-order valence-corrected chi connectivity index (χ0v) is 7.97. The van der Waals surface area contributed by atoms with Crippen molar-refractivity contribution in [3.05, 3.63) is 0 Å². The van der Waals surface area contributed by atoms with Gasteiger partial charge in [-0.05, 0) is 19.9 Å². The lowest BCUT2D eigenvalue weighted by Gasteiger charge is -1.93. The number of hydrogen-bond donors (Lipinski definition) is 2. The Balaban J connectivity index is 0. The molecule has 0 aliphatic carbocycles. The third-order valence-corrected chi connectivity index (χ3v) is 1.31. The van der Waals surface area contributed by atoms with Gasteiger partial charge in [0, 0.05) is 6.61 Å². The molecule has 0 amide bonds. The molecule has 70 valence electrons. The first-order valence-electron chi connectivity index (χ1n) is 4.64. The summed E-state index contributed by atoms with van der Waals surface area (Å²) in [4.78, 5) is 0. The highest BCUT2D eigenvalue weighted by molar-refractivity contribution is 4.41. The number of hydrogen-bond acceptors (Lipinski definition) is 2. The molecule has 0 atom stereocenters. The van der Waals surface area contributed by atoms with Crippen LogP contribution in [0.1, 0.15) is 46.0 Å². The third-order valence-electron chi connectivity index (χ3n) is 1.31. The number of aliphatic hydroxyl groups is 1. The summed E-state index contributed by atoms with van der Waals surface area (Å²) in [6, 6.07) is 0. The summed E-state index contributed by atoms with van der Waals surface area (Å²) < 4.78 is 0. The summed E-state index contributed by atoms with van der Waals surface area (Å²) >= 11 is 0. The monoisotopic (exact) mass is 161 g/mol. The molecule has 0 saturated carbocycles. The Labute approximate surface area is 70.8 Å². The molecule has 0 aromatic carbocycles. The SMILES string of the molecule is CCCCCCCN.CCO. The van der Waals surface area contributed by atoms with Gasteiger partial charge in [0.15, 0.2) is 0 Å². The molecule has 0 spiro atoms. The van der Waals surface area contributed by atoms with Crippen molar-refractivity contribution in [2.24, 2.45) is 5.73 Å². The van der Waals surface area contributed by atoms with E-state index in [0.29, 0.717) is 0 Å². The zero-order chi connectivity index (χ0) is 8.95. The molecule has 0 rings (SSSR count). The van der Waals surface area contributed by atoms with Crippen molar-refractivity contribution in [3.63, 3.8) is 0 Å².